The summed E-state index contributed by atoms with van der Waals surface area (Å²) in [6.45, 7) is 0.699. The van der Waals surface area contributed by atoms with Crippen molar-refractivity contribution in [3.05, 3.63) is 29.7 Å². The Kier molecular flexibility index (Phi) is 5.70. The minimum absolute atomic E-state index is 0.0195. The molecule has 1 N–H and O–H groups in total. The van der Waals surface area contributed by atoms with Crippen molar-refractivity contribution in [2.24, 2.45) is 0 Å². The average Bonchev–Trinajstić information content (AvgIpc) is 3.09. The van der Waals surface area contributed by atoms with Crippen LogP contribution in [0.2, 0.25) is 0 Å². The molecule has 8 heteroatoms. The number of hydrogen-bond donors (Lipinski definition) is 1. The number of amides is 1. The summed E-state index contributed by atoms with van der Waals surface area (Å²) < 4.78 is 0. The van der Waals surface area contributed by atoms with Crippen LogP contribution in [-0.2, 0) is 16.0 Å². The lowest BCUT2D eigenvalue weighted by atomic mass is 9.97. The largest absolute Gasteiger partial charge is 0.481 e. The Hall–Kier alpha value is -2.35. The van der Waals surface area contributed by atoms with Gasteiger partial charge < -0.3 is 10.0 Å². The van der Waals surface area contributed by atoms with E-state index in [0.717, 1.165) is 30.0 Å². The van der Waals surface area contributed by atoms with Crippen LogP contribution in [-0.4, -0.2) is 49.4 Å². The molecule has 0 saturated carbocycles. The lowest BCUT2D eigenvalue weighted by Gasteiger charge is -2.35. The van der Waals surface area contributed by atoms with Gasteiger partial charge in [0, 0.05) is 36.8 Å². The Balaban J connectivity index is 1.64. The lowest BCUT2D eigenvalue weighted by Crippen LogP contribution is -2.44. The smallest absolute Gasteiger partial charge is 0.303 e. The second-order valence-electron chi connectivity index (χ2n) is 6.08. The fourth-order valence-electron chi connectivity index (χ4n) is 3.09. The SMILES string of the molecule is O=C(O)CC[C@H]1CCCCN1C(=O)Cc1csc(-c2cnccn2)n1. The molecule has 0 unspecified atom stereocenters. The second-order valence-corrected chi connectivity index (χ2v) is 6.94. The van der Waals surface area contributed by atoms with Gasteiger partial charge in [-0.05, 0) is 25.7 Å². The summed E-state index contributed by atoms with van der Waals surface area (Å²) in [6, 6.07) is 0.0236. The highest BCUT2D eigenvalue weighted by Crippen LogP contribution is 2.24. The third-order valence-electron chi connectivity index (χ3n) is 4.31. The molecule has 0 bridgehead atoms. The Bertz CT molecular complexity index is 735. The highest BCUT2D eigenvalue weighted by molar-refractivity contribution is 7.13. The van der Waals surface area contributed by atoms with E-state index >= 15 is 0 Å². The minimum Gasteiger partial charge on any atom is -0.481 e. The number of carbonyl (C=O) groups excluding carboxylic acids is 1. The van der Waals surface area contributed by atoms with E-state index in [0.29, 0.717) is 18.7 Å². The summed E-state index contributed by atoms with van der Waals surface area (Å²) in [5, 5.41) is 11.5. The average molecular weight is 360 g/mol. The molecule has 1 saturated heterocycles. The molecule has 25 heavy (non-hydrogen) atoms. The van der Waals surface area contributed by atoms with Crippen LogP contribution < -0.4 is 0 Å². The maximum absolute atomic E-state index is 12.7. The summed E-state index contributed by atoms with van der Waals surface area (Å²) in [4.78, 5) is 38.1. The number of carboxylic acids is 1. The molecule has 7 nitrogen and oxygen atoms in total. The Morgan fingerprint density at radius 2 is 2.20 bits per heavy atom. The third-order valence-corrected chi connectivity index (χ3v) is 5.22. The van der Waals surface area contributed by atoms with Gasteiger partial charge in [0.25, 0.3) is 0 Å². The molecule has 1 amide bonds. The fourth-order valence-corrected chi connectivity index (χ4v) is 3.87. The van der Waals surface area contributed by atoms with Crippen molar-refractivity contribution < 1.29 is 14.7 Å². The molecule has 0 radical (unpaired) electrons. The first-order valence-corrected chi connectivity index (χ1v) is 9.23. The molecule has 3 rings (SSSR count). The molecule has 1 atom stereocenters. The standard InChI is InChI=1S/C17H20N4O3S/c22-15(21-8-2-1-3-13(21)4-5-16(23)24)9-12-11-25-17(20-12)14-10-18-6-7-19-14/h6-7,10-11,13H,1-5,8-9H2,(H,23,24)/t13-/m1/s1. The van der Waals surface area contributed by atoms with E-state index in [1.54, 1.807) is 18.6 Å². The number of aliphatic carboxylic acids is 1. The van der Waals surface area contributed by atoms with Crippen molar-refractivity contribution in [1.29, 1.82) is 0 Å². The zero-order chi connectivity index (χ0) is 17.6. The fraction of sp³-hybridized carbons (Fsp3) is 0.471. The van der Waals surface area contributed by atoms with E-state index < -0.39 is 5.97 Å². The molecular weight excluding hydrogens is 340 g/mol. The first-order valence-electron chi connectivity index (χ1n) is 8.35. The van der Waals surface area contributed by atoms with Gasteiger partial charge in [0.15, 0.2) is 0 Å². The molecule has 0 aromatic carbocycles. The second kappa shape index (κ2) is 8.15. The molecular formula is C17H20N4O3S. The third kappa shape index (κ3) is 4.60. The van der Waals surface area contributed by atoms with Crippen LogP contribution in [0.1, 0.15) is 37.8 Å². The van der Waals surface area contributed by atoms with Crippen molar-refractivity contribution in [3.8, 4) is 10.7 Å². The number of rotatable bonds is 6. The van der Waals surface area contributed by atoms with Gasteiger partial charge in [0.05, 0.1) is 18.3 Å². The number of thiazole rings is 1. The zero-order valence-corrected chi connectivity index (χ0v) is 14.6. The van der Waals surface area contributed by atoms with Crippen molar-refractivity contribution in [3.63, 3.8) is 0 Å². The van der Waals surface area contributed by atoms with E-state index in [-0.39, 0.29) is 24.8 Å². The minimum atomic E-state index is -0.814. The van der Waals surface area contributed by atoms with Crippen LogP contribution in [0.25, 0.3) is 10.7 Å². The first-order chi connectivity index (χ1) is 12.1. The van der Waals surface area contributed by atoms with Crippen molar-refractivity contribution >= 4 is 23.2 Å². The van der Waals surface area contributed by atoms with Crippen molar-refractivity contribution in [1.82, 2.24) is 19.9 Å². The van der Waals surface area contributed by atoms with Gasteiger partial charge >= 0.3 is 5.97 Å². The first kappa shape index (κ1) is 17.5. The van der Waals surface area contributed by atoms with Gasteiger partial charge in [-0.15, -0.1) is 11.3 Å². The van der Waals surface area contributed by atoms with Gasteiger partial charge in [-0.1, -0.05) is 0 Å². The Labute approximate surface area is 149 Å². The van der Waals surface area contributed by atoms with Crippen LogP contribution in [0.4, 0.5) is 0 Å². The van der Waals surface area contributed by atoms with E-state index in [4.69, 9.17) is 5.11 Å². The van der Waals surface area contributed by atoms with E-state index in [1.165, 1.54) is 11.3 Å². The van der Waals surface area contributed by atoms with Crippen LogP contribution in [0, 0.1) is 0 Å². The summed E-state index contributed by atoms with van der Waals surface area (Å²) >= 11 is 1.44. The van der Waals surface area contributed by atoms with Crippen LogP contribution in [0.15, 0.2) is 24.0 Å². The number of carboxylic acid groups (broad SMARTS) is 1. The topological polar surface area (TPSA) is 96.3 Å². The Morgan fingerprint density at radius 1 is 1.32 bits per heavy atom. The maximum Gasteiger partial charge on any atom is 0.303 e. The molecule has 1 fully saturated rings. The van der Waals surface area contributed by atoms with Gasteiger partial charge in [-0.2, -0.15) is 0 Å². The summed E-state index contributed by atoms with van der Waals surface area (Å²) in [5.74, 6) is -0.794. The van der Waals surface area contributed by atoms with E-state index in [2.05, 4.69) is 15.0 Å². The predicted molar refractivity (Wildman–Crippen MR) is 93.1 cm³/mol. The van der Waals surface area contributed by atoms with Gasteiger partial charge in [-0.3, -0.25) is 19.6 Å². The number of aromatic nitrogens is 3. The van der Waals surface area contributed by atoms with Gasteiger partial charge in [0.1, 0.15) is 10.7 Å². The monoisotopic (exact) mass is 360 g/mol. The molecule has 2 aromatic rings. The molecule has 0 spiro atoms. The number of piperidine rings is 1. The van der Waals surface area contributed by atoms with Crippen LogP contribution in [0.3, 0.4) is 0 Å². The number of carbonyl (C=O) groups is 2. The quantitative estimate of drug-likeness (QED) is 0.850. The number of hydrogen-bond acceptors (Lipinski definition) is 6. The summed E-state index contributed by atoms with van der Waals surface area (Å²) in [7, 11) is 0. The number of likely N-dealkylation sites (tertiary alicyclic amines) is 1. The molecule has 3 heterocycles. The van der Waals surface area contributed by atoms with Crippen LogP contribution >= 0.6 is 11.3 Å². The maximum atomic E-state index is 12.7. The molecule has 1 aliphatic heterocycles. The summed E-state index contributed by atoms with van der Waals surface area (Å²) in [6.07, 6.45) is 8.61. The van der Waals surface area contributed by atoms with Crippen molar-refractivity contribution in [2.45, 2.75) is 44.6 Å². The number of nitrogens with zero attached hydrogens (tertiary/aromatic N) is 4. The molecule has 0 aliphatic carbocycles. The molecule has 2 aromatic heterocycles. The lowest BCUT2D eigenvalue weighted by molar-refractivity contribution is -0.139. The highest BCUT2D eigenvalue weighted by atomic mass is 32.1. The normalized spacial score (nSPS) is 17.4. The Morgan fingerprint density at radius 3 is 2.96 bits per heavy atom. The predicted octanol–water partition coefficient (Wildman–Crippen LogP) is 2.39. The zero-order valence-electron chi connectivity index (χ0n) is 13.8. The van der Waals surface area contributed by atoms with E-state index in [9.17, 15) is 9.59 Å². The summed E-state index contributed by atoms with van der Waals surface area (Å²) in [5.41, 5.74) is 1.42. The van der Waals surface area contributed by atoms with E-state index in [1.807, 2.05) is 10.3 Å². The van der Waals surface area contributed by atoms with Gasteiger partial charge in [-0.25, -0.2) is 4.98 Å². The van der Waals surface area contributed by atoms with Crippen LogP contribution in [0.5, 0.6) is 0 Å². The van der Waals surface area contributed by atoms with Gasteiger partial charge in [0.2, 0.25) is 5.91 Å². The van der Waals surface area contributed by atoms with Crippen molar-refractivity contribution in [2.75, 3.05) is 6.54 Å². The molecule has 1 aliphatic rings. The molecule has 132 valence electrons. The highest BCUT2D eigenvalue weighted by Gasteiger charge is 2.27.